The molecule has 1 aliphatic carbocycles. The third-order valence-electron chi connectivity index (χ3n) is 4.56. The van der Waals surface area contributed by atoms with Crippen LogP contribution in [-0.4, -0.2) is 33.9 Å². The van der Waals surface area contributed by atoms with Gasteiger partial charge < -0.3 is 10.2 Å². The molecule has 24 heavy (non-hydrogen) atoms. The highest BCUT2D eigenvalue weighted by atomic mass is 32.2. The summed E-state index contributed by atoms with van der Waals surface area (Å²) in [6.07, 6.45) is 2.91. The molecule has 5 heteroatoms. The molecule has 2 atom stereocenters. The zero-order valence-corrected chi connectivity index (χ0v) is 15.2. The summed E-state index contributed by atoms with van der Waals surface area (Å²) in [5, 5.41) is 3.16. The van der Waals surface area contributed by atoms with Gasteiger partial charge in [-0.1, -0.05) is 44.2 Å². The van der Waals surface area contributed by atoms with Crippen molar-refractivity contribution in [3.8, 4) is 0 Å². The van der Waals surface area contributed by atoms with E-state index in [1.807, 2.05) is 35.2 Å². The molecule has 1 aromatic carbocycles. The molecular weight excluding hydrogens is 320 g/mol. The van der Waals surface area contributed by atoms with Gasteiger partial charge in [0.05, 0.1) is 5.37 Å². The molecule has 2 fully saturated rings. The van der Waals surface area contributed by atoms with Gasteiger partial charge in [-0.25, -0.2) is 0 Å². The highest BCUT2D eigenvalue weighted by molar-refractivity contribution is 8.00. The first kappa shape index (κ1) is 17.3. The Morgan fingerprint density at radius 3 is 2.58 bits per heavy atom. The minimum Gasteiger partial charge on any atom is -0.350 e. The maximum Gasteiger partial charge on any atom is 0.243 e. The van der Waals surface area contributed by atoms with Crippen molar-refractivity contribution >= 4 is 23.6 Å². The first-order valence-corrected chi connectivity index (χ1v) is 9.86. The quantitative estimate of drug-likeness (QED) is 0.861. The van der Waals surface area contributed by atoms with Crippen molar-refractivity contribution in [2.24, 2.45) is 11.8 Å². The largest absolute Gasteiger partial charge is 0.350 e. The van der Waals surface area contributed by atoms with Gasteiger partial charge in [0.25, 0.3) is 0 Å². The monoisotopic (exact) mass is 346 g/mol. The van der Waals surface area contributed by atoms with Gasteiger partial charge >= 0.3 is 0 Å². The summed E-state index contributed by atoms with van der Waals surface area (Å²) in [7, 11) is 0. The van der Waals surface area contributed by atoms with E-state index in [4.69, 9.17) is 0 Å². The van der Waals surface area contributed by atoms with E-state index >= 15 is 0 Å². The van der Waals surface area contributed by atoms with Crippen molar-refractivity contribution < 1.29 is 9.59 Å². The topological polar surface area (TPSA) is 49.4 Å². The summed E-state index contributed by atoms with van der Waals surface area (Å²) >= 11 is 1.75. The Kier molecular flexibility index (Phi) is 5.49. The maximum atomic E-state index is 12.7. The minimum absolute atomic E-state index is 0.0217. The SMILES string of the molecule is CC(C)CC1SCC(C(=O)NCc2ccccc2)N1C(=O)C1CC1. The summed E-state index contributed by atoms with van der Waals surface area (Å²) in [6, 6.07) is 9.57. The van der Waals surface area contributed by atoms with Gasteiger partial charge in [-0.2, -0.15) is 0 Å². The lowest BCUT2D eigenvalue weighted by atomic mass is 10.1. The average Bonchev–Trinajstić information content (AvgIpc) is 3.34. The molecule has 1 saturated heterocycles. The fraction of sp³-hybridized carbons (Fsp3) is 0.579. The number of nitrogens with one attached hydrogen (secondary N) is 1. The molecule has 2 unspecified atom stereocenters. The normalized spacial score (nSPS) is 23.5. The molecule has 2 amide bonds. The van der Waals surface area contributed by atoms with Crippen LogP contribution in [-0.2, 0) is 16.1 Å². The van der Waals surface area contributed by atoms with Crippen molar-refractivity contribution in [2.45, 2.75) is 51.1 Å². The molecule has 4 nitrogen and oxygen atoms in total. The number of thioether (sulfide) groups is 1. The average molecular weight is 346 g/mol. The predicted molar refractivity (Wildman–Crippen MR) is 97.3 cm³/mol. The third kappa shape index (κ3) is 4.12. The highest BCUT2D eigenvalue weighted by Gasteiger charge is 2.45. The van der Waals surface area contributed by atoms with Crippen LogP contribution >= 0.6 is 11.8 Å². The first-order chi connectivity index (χ1) is 11.6. The van der Waals surface area contributed by atoms with E-state index in [9.17, 15) is 9.59 Å². The number of nitrogens with zero attached hydrogens (tertiary/aromatic N) is 1. The first-order valence-electron chi connectivity index (χ1n) is 8.81. The molecule has 1 heterocycles. The molecule has 1 saturated carbocycles. The molecular formula is C19H26N2O2S. The number of hydrogen-bond donors (Lipinski definition) is 1. The summed E-state index contributed by atoms with van der Waals surface area (Å²) < 4.78 is 0. The molecule has 1 aromatic rings. The molecule has 0 aromatic heterocycles. The van der Waals surface area contributed by atoms with Crippen LogP contribution in [0.4, 0.5) is 0 Å². The summed E-state index contributed by atoms with van der Waals surface area (Å²) in [6.45, 7) is 4.85. The Morgan fingerprint density at radius 2 is 1.96 bits per heavy atom. The van der Waals surface area contributed by atoms with Crippen LogP contribution in [0.1, 0.15) is 38.7 Å². The second-order valence-electron chi connectivity index (χ2n) is 7.16. The van der Waals surface area contributed by atoms with Crippen LogP contribution in [0.3, 0.4) is 0 Å². The lowest BCUT2D eigenvalue weighted by Crippen LogP contribution is -2.50. The molecule has 3 rings (SSSR count). The van der Waals surface area contributed by atoms with Crippen LogP contribution in [0.15, 0.2) is 30.3 Å². The predicted octanol–water partition coefficient (Wildman–Crippen LogP) is 3.03. The molecule has 0 spiro atoms. The van der Waals surface area contributed by atoms with E-state index < -0.39 is 0 Å². The lowest BCUT2D eigenvalue weighted by Gasteiger charge is -2.30. The van der Waals surface area contributed by atoms with Crippen molar-refractivity contribution in [3.63, 3.8) is 0 Å². The summed E-state index contributed by atoms with van der Waals surface area (Å²) in [5.41, 5.74) is 1.08. The van der Waals surface area contributed by atoms with E-state index in [0.29, 0.717) is 18.2 Å². The van der Waals surface area contributed by atoms with Crippen LogP contribution in [0.25, 0.3) is 0 Å². The van der Waals surface area contributed by atoms with E-state index in [1.165, 1.54) is 0 Å². The fourth-order valence-electron chi connectivity index (χ4n) is 3.09. The third-order valence-corrected chi connectivity index (χ3v) is 5.87. The van der Waals surface area contributed by atoms with Gasteiger partial charge in [0.2, 0.25) is 11.8 Å². The standard InChI is InChI=1S/C19H26N2O2S/c1-13(2)10-17-21(19(23)15-8-9-15)16(12-24-17)18(22)20-11-14-6-4-3-5-7-14/h3-7,13,15-17H,8-12H2,1-2H3,(H,20,22). The maximum absolute atomic E-state index is 12.7. The smallest absolute Gasteiger partial charge is 0.243 e. The van der Waals surface area contributed by atoms with Crippen LogP contribution < -0.4 is 5.32 Å². The summed E-state index contributed by atoms with van der Waals surface area (Å²) in [5.74, 6) is 1.54. The zero-order valence-electron chi connectivity index (χ0n) is 14.4. The Balaban J connectivity index is 1.65. The minimum atomic E-state index is -0.324. The van der Waals surface area contributed by atoms with E-state index in [-0.39, 0.29) is 29.1 Å². The van der Waals surface area contributed by atoms with Gasteiger partial charge in [0.1, 0.15) is 6.04 Å². The van der Waals surface area contributed by atoms with E-state index in [1.54, 1.807) is 11.8 Å². The Hall–Kier alpha value is -1.49. The fourth-order valence-corrected chi connectivity index (χ4v) is 4.74. The van der Waals surface area contributed by atoms with Crippen LogP contribution in [0.2, 0.25) is 0 Å². The number of carbonyl (C=O) groups is 2. The van der Waals surface area contributed by atoms with Gasteiger partial charge in [-0.3, -0.25) is 9.59 Å². The Bertz CT molecular complexity index is 586. The second-order valence-corrected chi connectivity index (χ2v) is 8.37. The number of benzene rings is 1. The van der Waals surface area contributed by atoms with Gasteiger partial charge in [-0.15, -0.1) is 11.8 Å². The van der Waals surface area contributed by atoms with Crippen molar-refractivity contribution in [2.75, 3.05) is 5.75 Å². The number of hydrogen-bond acceptors (Lipinski definition) is 3. The zero-order chi connectivity index (χ0) is 17.1. The van der Waals surface area contributed by atoms with Crippen molar-refractivity contribution in [1.82, 2.24) is 10.2 Å². The molecule has 0 radical (unpaired) electrons. The van der Waals surface area contributed by atoms with Crippen LogP contribution in [0, 0.1) is 11.8 Å². The molecule has 2 aliphatic rings. The van der Waals surface area contributed by atoms with E-state index in [2.05, 4.69) is 19.2 Å². The number of rotatable bonds is 6. The molecule has 0 bridgehead atoms. The Morgan fingerprint density at radius 1 is 1.25 bits per heavy atom. The Labute approximate surface area is 148 Å². The van der Waals surface area contributed by atoms with Gasteiger partial charge in [0.15, 0.2) is 0 Å². The van der Waals surface area contributed by atoms with Gasteiger partial charge in [-0.05, 0) is 30.7 Å². The van der Waals surface area contributed by atoms with Gasteiger partial charge in [0, 0.05) is 18.2 Å². The molecule has 130 valence electrons. The lowest BCUT2D eigenvalue weighted by molar-refractivity contribution is -0.141. The van der Waals surface area contributed by atoms with Crippen molar-refractivity contribution in [3.05, 3.63) is 35.9 Å². The highest BCUT2D eigenvalue weighted by Crippen LogP contribution is 2.39. The number of amides is 2. The second kappa shape index (κ2) is 7.60. The summed E-state index contributed by atoms with van der Waals surface area (Å²) in [4.78, 5) is 27.3. The number of carbonyl (C=O) groups excluding carboxylic acids is 2. The van der Waals surface area contributed by atoms with Crippen LogP contribution in [0.5, 0.6) is 0 Å². The van der Waals surface area contributed by atoms with Crippen molar-refractivity contribution in [1.29, 1.82) is 0 Å². The molecule has 1 N–H and O–H groups in total. The van der Waals surface area contributed by atoms with E-state index in [0.717, 1.165) is 24.8 Å². The molecule has 1 aliphatic heterocycles.